The molecule has 4 unspecified atom stereocenters. The van der Waals surface area contributed by atoms with E-state index in [0.717, 1.165) is 25.4 Å². The minimum Gasteiger partial charge on any atom is -0.469 e. The Labute approximate surface area is 118 Å². The van der Waals surface area contributed by atoms with Crippen LogP contribution in [-0.2, 0) is 19.1 Å². The first-order valence-corrected chi connectivity index (χ1v) is 7.09. The van der Waals surface area contributed by atoms with Crippen molar-refractivity contribution in [1.29, 1.82) is 0 Å². The Morgan fingerprint density at radius 3 is 2.60 bits per heavy atom. The van der Waals surface area contributed by atoms with Gasteiger partial charge in [-0.05, 0) is 36.5 Å². The van der Waals surface area contributed by atoms with E-state index < -0.39 is 10.8 Å². The topological polar surface area (TPSA) is 60.4 Å². The van der Waals surface area contributed by atoms with Gasteiger partial charge in [0.1, 0.15) is 12.6 Å². The smallest absolute Gasteiger partial charge is 0.313 e. The lowest BCUT2D eigenvalue weighted by molar-refractivity contribution is -0.153. The highest BCUT2D eigenvalue weighted by molar-refractivity contribution is 5.99. The molecule has 0 spiro atoms. The van der Waals surface area contributed by atoms with Crippen molar-refractivity contribution < 1.29 is 19.1 Å². The van der Waals surface area contributed by atoms with Crippen LogP contribution in [0.25, 0.3) is 0 Å². The summed E-state index contributed by atoms with van der Waals surface area (Å²) >= 11 is 0. The predicted octanol–water partition coefficient (Wildman–Crippen LogP) is 1.93. The highest BCUT2D eigenvalue weighted by Gasteiger charge is 2.80. The van der Waals surface area contributed by atoms with Gasteiger partial charge < -0.3 is 9.53 Å². The van der Waals surface area contributed by atoms with Crippen molar-refractivity contribution in [2.45, 2.75) is 33.1 Å². The standard InChI is InChI=1S/C16H20O4/c1-14(2)5-10-4-11(7-17)15(9-18)8-16(15,12(10)6-14)13(19)20-3/h4,7,9-10,12H,5-6,8H2,1-3H3. The second-order valence-electron chi connectivity index (χ2n) is 7.31. The summed E-state index contributed by atoms with van der Waals surface area (Å²) in [4.78, 5) is 35.4. The maximum absolute atomic E-state index is 12.4. The third kappa shape index (κ3) is 1.34. The zero-order valence-electron chi connectivity index (χ0n) is 12.1. The first-order chi connectivity index (χ1) is 9.37. The Morgan fingerprint density at radius 2 is 2.05 bits per heavy atom. The molecule has 0 radical (unpaired) electrons. The fourth-order valence-corrected chi connectivity index (χ4v) is 4.87. The summed E-state index contributed by atoms with van der Waals surface area (Å²) < 4.78 is 4.99. The van der Waals surface area contributed by atoms with Crippen molar-refractivity contribution in [3.63, 3.8) is 0 Å². The van der Waals surface area contributed by atoms with E-state index in [1.165, 1.54) is 7.11 Å². The molecule has 0 bridgehead atoms. The summed E-state index contributed by atoms with van der Waals surface area (Å²) in [5.41, 5.74) is -1.12. The van der Waals surface area contributed by atoms with Crippen LogP contribution in [0, 0.1) is 28.1 Å². The molecule has 0 aromatic rings. The van der Waals surface area contributed by atoms with Gasteiger partial charge >= 0.3 is 5.97 Å². The highest BCUT2D eigenvalue weighted by Crippen LogP contribution is 2.77. The number of methoxy groups -OCH3 is 1. The van der Waals surface area contributed by atoms with Gasteiger partial charge in [-0.25, -0.2) is 0 Å². The average Bonchev–Trinajstić information content (AvgIpc) is 3.03. The number of aldehydes is 2. The third-order valence-corrected chi connectivity index (χ3v) is 5.73. The van der Waals surface area contributed by atoms with E-state index in [1.54, 1.807) is 0 Å². The zero-order chi connectivity index (χ0) is 14.8. The highest BCUT2D eigenvalue weighted by atomic mass is 16.5. The van der Waals surface area contributed by atoms with E-state index in [2.05, 4.69) is 13.8 Å². The van der Waals surface area contributed by atoms with Gasteiger partial charge in [-0.1, -0.05) is 19.9 Å². The third-order valence-electron chi connectivity index (χ3n) is 5.73. The van der Waals surface area contributed by atoms with Gasteiger partial charge in [0, 0.05) is 5.57 Å². The Bertz CT molecular complexity index is 533. The van der Waals surface area contributed by atoms with Crippen LogP contribution >= 0.6 is 0 Å². The molecule has 0 aliphatic heterocycles. The van der Waals surface area contributed by atoms with Crippen LogP contribution in [-0.4, -0.2) is 25.7 Å². The number of hydrogen-bond donors (Lipinski definition) is 0. The van der Waals surface area contributed by atoms with Crippen molar-refractivity contribution in [3.8, 4) is 0 Å². The lowest BCUT2D eigenvalue weighted by atomic mass is 9.69. The molecule has 4 atom stereocenters. The van der Waals surface area contributed by atoms with Crippen LogP contribution in [0.2, 0.25) is 0 Å². The lowest BCUT2D eigenvalue weighted by Gasteiger charge is -2.33. The Hall–Kier alpha value is -1.45. The van der Waals surface area contributed by atoms with Crippen molar-refractivity contribution in [2.24, 2.45) is 28.1 Å². The molecule has 3 rings (SSSR count). The van der Waals surface area contributed by atoms with E-state index in [9.17, 15) is 14.4 Å². The second kappa shape index (κ2) is 3.80. The molecule has 3 aliphatic rings. The van der Waals surface area contributed by atoms with Crippen LogP contribution < -0.4 is 0 Å². The minimum atomic E-state index is -0.927. The predicted molar refractivity (Wildman–Crippen MR) is 71.7 cm³/mol. The normalized spacial score (nSPS) is 43.9. The maximum Gasteiger partial charge on any atom is 0.313 e. The van der Waals surface area contributed by atoms with Crippen molar-refractivity contribution in [2.75, 3.05) is 7.11 Å². The molecular weight excluding hydrogens is 256 g/mol. The second-order valence-corrected chi connectivity index (χ2v) is 7.31. The van der Waals surface area contributed by atoms with E-state index in [1.807, 2.05) is 6.08 Å². The number of carbonyl (C=O) groups excluding carboxylic acids is 3. The van der Waals surface area contributed by atoms with Gasteiger partial charge in [0.25, 0.3) is 0 Å². The first-order valence-electron chi connectivity index (χ1n) is 7.09. The van der Waals surface area contributed by atoms with Crippen molar-refractivity contribution in [1.82, 2.24) is 0 Å². The van der Waals surface area contributed by atoms with E-state index in [0.29, 0.717) is 12.0 Å². The van der Waals surface area contributed by atoms with Gasteiger partial charge in [-0.15, -0.1) is 0 Å². The van der Waals surface area contributed by atoms with Gasteiger partial charge in [0.2, 0.25) is 0 Å². The molecule has 2 fully saturated rings. The fraction of sp³-hybridized carbons (Fsp3) is 0.688. The number of hydrogen-bond acceptors (Lipinski definition) is 4. The van der Waals surface area contributed by atoms with Crippen molar-refractivity contribution >= 4 is 18.5 Å². The largest absolute Gasteiger partial charge is 0.469 e. The fourth-order valence-electron chi connectivity index (χ4n) is 4.87. The molecule has 0 aromatic heterocycles. The Kier molecular flexibility index (Phi) is 2.57. The number of allylic oxidation sites excluding steroid dienone is 2. The SMILES string of the molecule is COC(=O)C12CC1(C=O)C(C=O)=CC1CC(C)(C)CC12. The molecule has 0 N–H and O–H groups in total. The van der Waals surface area contributed by atoms with Crippen LogP contribution in [0.3, 0.4) is 0 Å². The summed E-state index contributed by atoms with van der Waals surface area (Å²) in [6.07, 6.45) is 5.76. The minimum absolute atomic E-state index is 0.110. The van der Waals surface area contributed by atoms with E-state index in [-0.39, 0.29) is 23.2 Å². The summed E-state index contributed by atoms with van der Waals surface area (Å²) in [6.45, 7) is 4.35. The molecule has 0 heterocycles. The summed E-state index contributed by atoms with van der Waals surface area (Å²) in [6, 6.07) is 0. The number of fused-ring (bicyclic) bond motifs is 3. The van der Waals surface area contributed by atoms with Gasteiger partial charge in [0.15, 0.2) is 0 Å². The average molecular weight is 276 g/mol. The number of rotatable bonds is 3. The molecule has 2 saturated carbocycles. The summed E-state index contributed by atoms with van der Waals surface area (Å²) in [5, 5.41) is 0. The molecule has 0 aromatic carbocycles. The summed E-state index contributed by atoms with van der Waals surface area (Å²) in [7, 11) is 1.36. The maximum atomic E-state index is 12.4. The monoisotopic (exact) mass is 276 g/mol. The molecule has 20 heavy (non-hydrogen) atoms. The van der Waals surface area contributed by atoms with Gasteiger partial charge in [-0.2, -0.15) is 0 Å². The Morgan fingerprint density at radius 1 is 1.35 bits per heavy atom. The van der Waals surface area contributed by atoms with Crippen LogP contribution in [0.4, 0.5) is 0 Å². The first kappa shape index (κ1) is 13.5. The van der Waals surface area contributed by atoms with Gasteiger partial charge in [-0.3, -0.25) is 9.59 Å². The Balaban J connectivity index is 2.14. The van der Waals surface area contributed by atoms with Gasteiger partial charge in [0.05, 0.1) is 17.9 Å². The lowest BCUT2D eigenvalue weighted by Crippen LogP contribution is -2.39. The molecule has 0 saturated heterocycles. The van der Waals surface area contributed by atoms with Crippen molar-refractivity contribution in [3.05, 3.63) is 11.6 Å². The molecule has 0 amide bonds. The molecule has 4 heteroatoms. The molecule has 3 aliphatic carbocycles. The molecular formula is C16H20O4. The summed E-state index contributed by atoms with van der Waals surface area (Å²) in [5.74, 6) is -0.0246. The molecule has 4 nitrogen and oxygen atoms in total. The number of ether oxygens (including phenoxy) is 1. The number of esters is 1. The molecule has 108 valence electrons. The van der Waals surface area contributed by atoms with Crippen LogP contribution in [0.5, 0.6) is 0 Å². The number of carbonyl (C=O) groups is 3. The zero-order valence-corrected chi connectivity index (χ0v) is 12.1. The van der Waals surface area contributed by atoms with E-state index >= 15 is 0 Å². The van der Waals surface area contributed by atoms with Crippen LogP contribution in [0.1, 0.15) is 33.1 Å². The van der Waals surface area contributed by atoms with Crippen LogP contribution in [0.15, 0.2) is 11.6 Å². The van der Waals surface area contributed by atoms with E-state index in [4.69, 9.17) is 4.74 Å². The quantitative estimate of drug-likeness (QED) is 0.583.